The standard InChI is InChI=1S/C12H22ClN3S/c1-5-10(6-2)16(7-9(3)4)8-11-12(13)17-15-14-11/h9-10H,5-8H2,1-4H3. The summed E-state index contributed by atoms with van der Waals surface area (Å²) in [5.74, 6) is 0.654. The molecule has 17 heavy (non-hydrogen) atoms. The van der Waals surface area contributed by atoms with Crippen molar-refractivity contribution in [1.82, 2.24) is 14.5 Å². The zero-order chi connectivity index (χ0) is 12.8. The van der Waals surface area contributed by atoms with Crippen LogP contribution in [0.2, 0.25) is 4.34 Å². The lowest BCUT2D eigenvalue weighted by atomic mass is 10.1. The minimum atomic E-state index is 0.607. The number of halogens is 1. The van der Waals surface area contributed by atoms with E-state index >= 15 is 0 Å². The van der Waals surface area contributed by atoms with Crippen LogP contribution in [0.25, 0.3) is 0 Å². The normalized spacial score (nSPS) is 12.0. The largest absolute Gasteiger partial charge is 0.294 e. The fraction of sp³-hybridized carbons (Fsp3) is 0.833. The first-order chi connectivity index (χ1) is 8.08. The van der Waals surface area contributed by atoms with Gasteiger partial charge < -0.3 is 0 Å². The van der Waals surface area contributed by atoms with Crippen LogP contribution >= 0.6 is 23.1 Å². The van der Waals surface area contributed by atoms with Crippen LogP contribution < -0.4 is 0 Å². The van der Waals surface area contributed by atoms with Crippen molar-refractivity contribution in [2.75, 3.05) is 6.54 Å². The molecular weight excluding hydrogens is 254 g/mol. The molecule has 0 radical (unpaired) electrons. The van der Waals surface area contributed by atoms with Gasteiger partial charge in [-0.05, 0) is 18.8 Å². The zero-order valence-corrected chi connectivity index (χ0v) is 12.7. The second kappa shape index (κ2) is 7.29. The van der Waals surface area contributed by atoms with Gasteiger partial charge in [-0.2, -0.15) is 0 Å². The maximum atomic E-state index is 6.08. The van der Waals surface area contributed by atoms with Gasteiger partial charge in [0.25, 0.3) is 0 Å². The third-order valence-electron chi connectivity index (χ3n) is 2.92. The molecule has 1 rings (SSSR count). The van der Waals surface area contributed by atoms with Crippen LogP contribution in [0.15, 0.2) is 0 Å². The maximum Gasteiger partial charge on any atom is 0.138 e. The zero-order valence-electron chi connectivity index (χ0n) is 11.1. The summed E-state index contributed by atoms with van der Waals surface area (Å²) in [7, 11) is 0. The Hall–Kier alpha value is -0.190. The smallest absolute Gasteiger partial charge is 0.138 e. The SMILES string of the molecule is CCC(CC)N(Cc1nnsc1Cl)CC(C)C. The second-order valence-corrected chi connectivity index (χ2v) is 6.14. The van der Waals surface area contributed by atoms with E-state index in [9.17, 15) is 0 Å². The van der Waals surface area contributed by atoms with Crippen molar-refractivity contribution in [2.45, 2.75) is 53.1 Å². The molecule has 1 aromatic rings. The molecule has 0 N–H and O–H groups in total. The Bertz CT molecular complexity index is 323. The molecule has 0 aliphatic rings. The quantitative estimate of drug-likeness (QED) is 0.757. The molecule has 98 valence electrons. The topological polar surface area (TPSA) is 29.0 Å². The van der Waals surface area contributed by atoms with E-state index in [4.69, 9.17) is 11.6 Å². The van der Waals surface area contributed by atoms with E-state index in [0.717, 1.165) is 23.1 Å². The Morgan fingerprint density at radius 3 is 2.35 bits per heavy atom. The van der Waals surface area contributed by atoms with E-state index in [2.05, 4.69) is 42.2 Å². The lowest BCUT2D eigenvalue weighted by molar-refractivity contribution is 0.155. The van der Waals surface area contributed by atoms with E-state index in [-0.39, 0.29) is 0 Å². The molecule has 1 aromatic heterocycles. The van der Waals surface area contributed by atoms with Crippen molar-refractivity contribution < 1.29 is 0 Å². The van der Waals surface area contributed by atoms with Crippen LogP contribution in [0, 0.1) is 5.92 Å². The highest BCUT2D eigenvalue weighted by molar-refractivity contribution is 7.10. The molecule has 5 heteroatoms. The predicted octanol–water partition coefficient (Wildman–Crippen LogP) is 3.84. The highest BCUT2D eigenvalue weighted by atomic mass is 35.5. The van der Waals surface area contributed by atoms with E-state index in [1.807, 2.05) is 0 Å². The lowest BCUT2D eigenvalue weighted by Crippen LogP contribution is -2.36. The molecule has 0 aromatic carbocycles. The maximum absolute atomic E-state index is 6.08. The fourth-order valence-electron chi connectivity index (χ4n) is 2.10. The van der Waals surface area contributed by atoms with Gasteiger partial charge in [0.2, 0.25) is 0 Å². The van der Waals surface area contributed by atoms with Crippen molar-refractivity contribution in [1.29, 1.82) is 0 Å². The first kappa shape index (κ1) is 14.9. The molecule has 0 saturated carbocycles. The van der Waals surface area contributed by atoms with Gasteiger partial charge in [-0.1, -0.05) is 43.8 Å². The summed E-state index contributed by atoms with van der Waals surface area (Å²) in [4.78, 5) is 2.48. The number of rotatable bonds is 7. The molecule has 3 nitrogen and oxygen atoms in total. The summed E-state index contributed by atoms with van der Waals surface area (Å²) in [5.41, 5.74) is 0.921. The highest BCUT2D eigenvalue weighted by Gasteiger charge is 2.19. The highest BCUT2D eigenvalue weighted by Crippen LogP contribution is 2.21. The van der Waals surface area contributed by atoms with Crippen molar-refractivity contribution in [2.24, 2.45) is 5.92 Å². The Labute approximate surface area is 113 Å². The summed E-state index contributed by atoms with van der Waals surface area (Å²) in [6.45, 7) is 10.9. The van der Waals surface area contributed by atoms with Crippen LogP contribution in [0.5, 0.6) is 0 Å². The minimum Gasteiger partial charge on any atom is -0.294 e. The third-order valence-corrected chi connectivity index (χ3v) is 3.91. The monoisotopic (exact) mass is 275 g/mol. The van der Waals surface area contributed by atoms with Crippen LogP contribution in [0.1, 0.15) is 46.2 Å². The predicted molar refractivity (Wildman–Crippen MR) is 74.5 cm³/mol. The molecule has 0 fully saturated rings. The number of nitrogens with zero attached hydrogens (tertiary/aromatic N) is 3. The Kier molecular flexibility index (Phi) is 6.38. The van der Waals surface area contributed by atoms with Crippen LogP contribution in [0.4, 0.5) is 0 Å². The van der Waals surface area contributed by atoms with Crippen molar-refractivity contribution in [3.8, 4) is 0 Å². The van der Waals surface area contributed by atoms with E-state index < -0.39 is 0 Å². The van der Waals surface area contributed by atoms with Crippen molar-refractivity contribution >= 4 is 23.1 Å². The molecule has 1 heterocycles. The molecule has 0 aliphatic carbocycles. The third kappa shape index (κ3) is 4.53. The van der Waals surface area contributed by atoms with Crippen LogP contribution in [0.3, 0.4) is 0 Å². The second-order valence-electron chi connectivity index (χ2n) is 4.79. The summed E-state index contributed by atoms with van der Waals surface area (Å²) in [5, 5.41) is 4.11. The average molecular weight is 276 g/mol. The number of aromatic nitrogens is 2. The van der Waals surface area contributed by atoms with Gasteiger partial charge in [0.15, 0.2) is 0 Å². The van der Waals surface area contributed by atoms with E-state index in [0.29, 0.717) is 12.0 Å². The summed E-state index contributed by atoms with van der Waals surface area (Å²) in [6.07, 6.45) is 2.33. The molecule has 0 amide bonds. The van der Waals surface area contributed by atoms with Gasteiger partial charge in [-0.15, -0.1) is 5.10 Å². The average Bonchev–Trinajstić information content (AvgIpc) is 2.65. The van der Waals surface area contributed by atoms with Gasteiger partial charge >= 0.3 is 0 Å². The van der Waals surface area contributed by atoms with Gasteiger partial charge in [0.1, 0.15) is 10.0 Å². The van der Waals surface area contributed by atoms with Gasteiger partial charge in [-0.25, -0.2) is 0 Å². The first-order valence-corrected chi connectivity index (χ1v) is 7.44. The number of hydrogen-bond donors (Lipinski definition) is 0. The lowest BCUT2D eigenvalue weighted by Gasteiger charge is -2.31. The van der Waals surface area contributed by atoms with Gasteiger partial charge in [-0.3, -0.25) is 4.90 Å². The van der Waals surface area contributed by atoms with Crippen molar-refractivity contribution in [3.05, 3.63) is 10.0 Å². The van der Waals surface area contributed by atoms with Crippen molar-refractivity contribution in [3.63, 3.8) is 0 Å². The Morgan fingerprint density at radius 1 is 1.29 bits per heavy atom. The molecule has 0 bridgehead atoms. The molecule has 0 aliphatic heterocycles. The van der Waals surface area contributed by atoms with Gasteiger partial charge in [0.05, 0.1) is 0 Å². The fourth-order valence-corrected chi connectivity index (χ4v) is 2.71. The molecule has 0 spiro atoms. The van der Waals surface area contributed by atoms with Gasteiger partial charge in [0, 0.05) is 30.7 Å². The minimum absolute atomic E-state index is 0.607. The molecular formula is C12H22ClN3S. The van der Waals surface area contributed by atoms with E-state index in [1.165, 1.54) is 24.4 Å². The molecule has 0 atom stereocenters. The summed E-state index contributed by atoms with van der Waals surface area (Å²) in [6, 6.07) is 0.607. The van der Waals surface area contributed by atoms with Crippen LogP contribution in [-0.4, -0.2) is 27.1 Å². The van der Waals surface area contributed by atoms with Crippen LogP contribution in [-0.2, 0) is 6.54 Å². The summed E-state index contributed by atoms with van der Waals surface area (Å²) < 4.78 is 4.62. The number of hydrogen-bond acceptors (Lipinski definition) is 4. The first-order valence-electron chi connectivity index (χ1n) is 6.29. The Morgan fingerprint density at radius 2 is 1.94 bits per heavy atom. The summed E-state index contributed by atoms with van der Waals surface area (Å²) >= 11 is 7.35. The van der Waals surface area contributed by atoms with E-state index in [1.54, 1.807) is 0 Å². The Balaban J connectivity index is 2.72. The molecule has 0 unspecified atom stereocenters. The molecule has 0 saturated heterocycles.